The molecule has 0 aliphatic carbocycles. The smallest absolute Gasteiger partial charge is 0.412 e. The summed E-state index contributed by atoms with van der Waals surface area (Å²) in [6.45, 7) is 0. The van der Waals surface area contributed by atoms with Gasteiger partial charge in [-0.1, -0.05) is 0 Å². The zero-order chi connectivity index (χ0) is 7.15. The minimum atomic E-state index is -1.75. The minimum absolute atomic E-state index is 0. The molecule has 4 N–H and O–H groups in total. The molecule has 0 aromatic rings. The Morgan fingerprint density at radius 1 is 0.727 bits per heavy atom. The monoisotopic (exact) mass is 215 g/mol. The molecule has 0 unspecified atom stereocenters. The molecule has 0 fully saturated rings. The third-order valence-corrected chi connectivity index (χ3v) is 0. The van der Waals surface area contributed by atoms with E-state index in [4.69, 9.17) is 30.6 Å². The Morgan fingerprint density at radius 2 is 0.727 bits per heavy atom. The molecule has 0 bridgehead atoms. The summed E-state index contributed by atoms with van der Waals surface area (Å²) in [4.78, 5) is 16.5. The van der Waals surface area contributed by atoms with Crippen molar-refractivity contribution < 1.29 is 38.2 Å². The van der Waals surface area contributed by atoms with E-state index < -0.39 is 10.2 Å². The predicted molar refractivity (Wildman–Crippen MR) is 28.0 cm³/mol. The topological polar surface area (TPSA) is 195 Å². The fraction of sp³-hybridized carbons (Fsp3) is 0. The first-order valence-corrected chi connectivity index (χ1v) is 1.10. The van der Waals surface area contributed by atoms with Crippen LogP contribution in [-0.2, 0) is 17.1 Å². The molecular weight excluding hydrogens is 211 g/mol. The Morgan fingerprint density at radius 3 is 0.727 bits per heavy atom. The summed E-state index contributed by atoms with van der Waals surface area (Å²) in [6, 6.07) is 0. The van der Waals surface area contributed by atoms with Gasteiger partial charge in [-0.3, -0.25) is 0 Å². The first-order valence-electron chi connectivity index (χ1n) is 1.10. The summed E-state index contributed by atoms with van der Waals surface area (Å²) in [5.74, 6) is 0. The van der Waals surface area contributed by atoms with E-state index in [1.165, 1.54) is 0 Å². The molecule has 69 valence electrons. The van der Waals surface area contributed by atoms with Crippen molar-refractivity contribution in [1.82, 2.24) is 0 Å². The van der Waals surface area contributed by atoms with Crippen molar-refractivity contribution in [1.29, 1.82) is 0 Å². The molecule has 0 spiro atoms. The van der Waals surface area contributed by atoms with Crippen LogP contribution in [0.4, 0.5) is 0 Å². The van der Waals surface area contributed by atoms with E-state index in [2.05, 4.69) is 0 Å². The molecule has 0 saturated carbocycles. The van der Waals surface area contributed by atoms with E-state index in [0.717, 1.165) is 0 Å². The average Bonchev–Trinajstić information content (AvgIpc) is 1.25. The largest absolute Gasteiger partial charge is 2.00 e. The maximum atomic E-state index is 8.25. The molecule has 0 saturated heterocycles. The summed E-state index contributed by atoms with van der Waals surface area (Å²) in [5.41, 5.74) is 0. The number of rotatable bonds is 0. The van der Waals surface area contributed by atoms with Gasteiger partial charge in [0.1, 0.15) is 0 Å². The molecule has 11 heteroatoms. The van der Waals surface area contributed by atoms with Crippen molar-refractivity contribution in [3.63, 3.8) is 0 Å². The molecule has 0 aromatic carbocycles. The first kappa shape index (κ1) is 32.8. The zero-order valence-electron chi connectivity index (χ0n) is 4.72. The summed E-state index contributed by atoms with van der Waals surface area (Å²) < 4.78 is 0. The third-order valence-electron chi connectivity index (χ3n) is 0. The van der Waals surface area contributed by atoms with Gasteiger partial charge in [0.15, 0.2) is 0 Å². The van der Waals surface area contributed by atoms with Crippen molar-refractivity contribution in [3.8, 4) is 0 Å². The van der Waals surface area contributed by atoms with E-state index in [1.807, 2.05) is 0 Å². The standard InChI is InChI=1S/Mn.2NO3.2H2O/c;2*2-1(3)4;;/h;;;2*1H2/q+2;2*-1;;. The van der Waals surface area contributed by atoms with Crippen LogP contribution in [0.3, 0.4) is 0 Å². The molecule has 0 atom stereocenters. The molecule has 10 nitrogen and oxygen atoms in total. The Bertz CT molecular complexity index is 70.1. The van der Waals surface area contributed by atoms with Crippen LogP contribution in [0.25, 0.3) is 0 Å². The molecule has 0 rings (SSSR count). The summed E-state index contributed by atoms with van der Waals surface area (Å²) in [5, 5.41) is 29.5. The normalized spacial score (nSPS) is 4.36. The number of hydrogen-bond acceptors (Lipinski definition) is 6. The molecule has 0 aliphatic heterocycles. The maximum Gasteiger partial charge on any atom is 2.00 e. The van der Waals surface area contributed by atoms with Gasteiger partial charge in [0.25, 0.3) is 0 Å². The Hall–Kier alpha value is -1.16. The molecular formula is H4MnN2O8. The average molecular weight is 215 g/mol. The molecule has 0 heterocycles. The van der Waals surface area contributed by atoms with Crippen LogP contribution in [-0.4, -0.2) is 21.1 Å². The van der Waals surface area contributed by atoms with Gasteiger partial charge in [-0.05, 0) is 0 Å². The Labute approximate surface area is 69.7 Å². The Kier molecular flexibility index (Phi) is 69.2. The fourth-order valence-corrected chi connectivity index (χ4v) is 0. The molecule has 0 aromatic heterocycles. The van der Waals surface area contributed by atoms with Gasteiger partial charge >= 0.3 is 17.1 Å². The van der Waals surface area contributed by atoms with Crippen molar-refractivity contribution in [2.75, 3.05) is 0 Å². The van der Waals surface area contributed by atoms with Crippen LogP contribution in [0.5, 0.6) is 0 Å². The van der Waals surface area contributed by atoms with Crippen molar-refractivity contribution in [2.24, 2.45) is 0 Å². The van der Waals surface area contributed by atoms with Crippen LogP contribution in [0.1, 0.15) is 0 Å². The van der Waals surface area contributed by atoms with Crippen molar-refractivity contribution in [2.45, 2.75) is 0 Å². The second-order valence-electron chi connectivity index (χ2n) is 0.447. The molecule has 0 amide bonds. The summed E-state index contributed by atoms with van der Waals surface area (Å²) in [6.07, 6.45) is 0. The van der Waals surface area contributed by atoms with Gasteiger partial charge in [0, 0.05) is 0 Å². The van der Waals surface area contributed by atoms with Gasteiger partial charge in [-0.15, -0.1) is 0 Å². The quantitative estimate of drug-likeness (QED) is 0.251. The minimum Gasteiger partial charge on any atom is -0.412 e. The zero-order valence-corrected chi connectivity index (χ0v) is 5.90. The Balaban J connectivity index is -0.0000000171. The second kappa shape index (κ2) is 23.2. The first-order chi connectivity index (χ1) is 3.46. The van der Waals surface area contributed by atoms with Crippen LogP contribution in [0.15, 0.2) is 0 Å². The number of hydrogen-bond donors (Lipinski definition) is 0. The van der Waals surface area contributed by atoms with E-state index in [9.17, 15) is 0 Å². The van der Waals surface area contributed by atoms with Gasteiger partial charge < -0.3 is 41.6 Å². The van der Waals surface area contributed by atoms with Gasteiger partial charge in [-0.25, -0.2) is 0 Å². The van der Waals surface area contributed by atoms with Crippen LogP contribution in [0.2, 0.25) is 0 Å². The van der Waals surface area contributed by atoms with E-state index in [1.54, 1.807) is 0 Å². The van der Waals surface area contributed by atoms with E-state index in [-0.39, 0.29) is 28.0 Å². The SMILES string of the molecule is O.O.O=[N+]([O-])[O-].O=[N+]([O-])[O-].[Mn+2]. The third kappa shape index (κ3) is 307. The molecule has 0 aliphatic rings. The summed E-state index contributed by atoms with van der Waals surface area (Å²) in [7, 11) is 0. The van der Waals surface area contributed by atoms with E-state index >= 15 is 0 Å². The summed E-state index contributed by atoms with van der Waals surface area (Å²) >= 11 is 0. The van der Waals surface area contributed by atoms with Gasteiger partial charge in [0.05, 0.1) is 10.2 Å². The van der Waals surface area contributed by atoms with Gasteiger partial charge in [0.2, 0.25) is 0 Å². The number of nitrogens with zero attached hydrogens (tertiary/aromatic N) is 2. The van der Waals surface area contributed by atoms with Gasteiger partial charge in [-0.2, -0.15) is 0 Å². The van der Waals surface area contributed by atoms with E-state index in [0.29, 0.717) is 0 Å². The predicted octanol–water partition coefficient (Wildman–Crippen LogP) is -2.13. The molecule has 11 heavy (non-hydrogen) atoms. The second-order valence-corrected chi connectivity index (χ2v) is 0.447. The van der Waals surface area contributed by atoms with Crippen LogP contribution < -0.4 is 0 Å². The maximum absolute atomic E-state index is 8.25. The van der Waals surface area contributed by atoms with Crippen molar-refractivity contribution in [3.05, 3.63) is 30.6 Å². The van der Waals surface area contributed by atoms with Crippen LogP contribution >= 0.6 is 0 Å². The fourth-order valence-electron chi connectivity index (χ4n) is 0. The van der Waals surface area contributed by atoms with Crippen molar-refractivity contribution >= 4 is 0 Å². The molecule has 1 radical (unpaired) electrons. The van der Waals surface area contributed by atoms with Crippen LogP contribution in [0, 0.1) is 30.6 Å².